The zero-order valence-electron chi connectivity index (χ0n) is 22.9. The molecule has 10 heteroatoms. The normalized spacial score (nSPS) is 13.0. The minimum Gasteiger partial charge on any atom is -0.497 e. The topological polar surface area (TPSA) is 49.9 Å². The van der Waals surface area contributed by atoms with Gasteiger partial charge < -0.3 is 14.8 Å². The number of nitrogens with one attached hydrogen (secondary N) is 1. The summed E-state index contributed by atoms with van der Waals surface area (Å²) in [6.45, 7) is 2.98. The Labute approximate surface area is 242 Å². The number of ether oxygens (including phenoxy) is 2. The maximum atomic E-state index is 15.4. The highest BCUT2D eigenvalue weighted by Gasteiger charge is 2.21. The van der Waals surface area contributed by atoms with Gasteiger partial charge in [0.1, 0.15) is 39.7 Å². The molecule has 1 aromatic heterocycles. The van der Waals surface area contributed by atoms with Crippen molar-refractivity contribution in [2.75, 3.05) is 36.9 Å². The number of methoxy groups -OCH3 is 2. The van der Waals surface area contributed by atoms with Crippen LogP contribution in [0.25, 0.3) is 0 Å². The van der Waals surface area contributed by atoms with E-state index < -0.39 is 11.6 Å². The minimum atomic E-state index is -0.741. The number of pyridine rings is 1. The van der Waals surface area contributed by atoms with E-state index in [2.05, 4.69) is 15.2 Å². The summed E-state index contributed by atoms with van der Waals surface area (Å²) in [5, 5.41) is 3.01. The molecule has 4 aromatic rings. The second kappa shape index (κ2) is 13.2. The number of hydrogen-bond donors (Lipinski definition) is 1. The van der Waals surface area contributed by atoms with E-state index in [9.17, 15) is 4.39 Å². The summed E-state index contributed by atoms with van der Waals surface area (Å²) in [6, 6.07) is 18.2. The Balaban J connectivity index is 1.36. The predicted octanol–water partition coefficient (Wildman–Crippen LogP) is 7.05. The van der Waals surface area contributed by atoms with Crippen molar-refractivity contribution < 1.29 is 22.6 Å². The number of anilines is 2. The number of hydrogen-bond acceptors (Lipinski definition) is 7. The lowest BCUT2D eigenvalue weighted by atomic mass is 10.0. The molecule has 0 amide bonds. The van der Waals surface area contributed by atoms with Gasteiger partial charge in [-0.3, -0.25) is 9.21 Å². The molecule has 0 radical (unpaired) electrons. The fraction of sp³-hybridized carbons (Fsp3) is 0.258. The summed E-state index contributed by atoms with van der Waals surface area (Å²) in [5.74, 6) is -0.1000. The van der Waals surface area contributed by atoms with E-state index in [1.165, 1.54) is 18.2 Å². The van der Waals surface area contributed by atoms with E-state index in [0.29, 0.717) is 29.4 Å². The SMILES string of the molecule is COc1ccc(CN(Sc2c(F)cc(NCc3c(F)cccc3CN3CCC3)cc2F)c2ccccn2)c(OC)c1. The predicted molar refractivity (Wildman–Crippen MR) is 156 cm³/mol. The van der Waals surface area contributed by atoms with Crippen LogP contribution in [0.1, 0.15) is 23.1 Å². The Hall–Kier alpha value is -3.89. The zero-order chi connectivity index (χ0) is 28.8. The van der Waals surface area contributed by atoms with Gasteiger partial charge in [-0.1, -0.05) is 18.2 Å². The summed E-state index contributed by atoms with van der Waals surface area (Å²) >= 11 is 0.904. The Morgan fingerprint density at radius 2 is 1.71 bits per heavy atom. The van der Waals surface area contributed by atoms with E-state index in [0.717, 1.165) is 42.6 Å². The van der Waals surface area contributed by atoms with Crippen LogP contribution in [0.2, 0.25) is 0 Å². The van der Waals surface area contributed by atoms with E-state index >= 15 is 8.78 Å². The monoisotopic (exact) mass is 580 g/mol. The Morgan fingerprint density at radius 3 is 2.37 bits per heavy atom. The van der Waals surface area contributed by atoms with Crippen LogP contribution in [0.5, 0.6) is 11.5 Å². The molecule has 1 aliphatic rings. The smallest absolute Gasteiger partial charge is 0.143 e. The van der Waals surface area contributed by atoms with Gasteiger partial charge in [0.25, 0.3) is 0 Å². The average Bonchev–Trinajstić information content (AvgIpc) is 2.96. The molecule has 0 atom stereocenters. The zero-order valence-corrected chi connectivity index (χ0v) is 23.7. The molecule has 0 saturated carbocycles. The van der Waals surface area contributed by atoms with Crippen molar-refractivity contribution in [2.24, 2.45) is 0 Å². The fourth-order valence-electron chi connectivity index (χ4n) is 4.58. The summed E-state index contributed by atoms with van der Waals surface area (Å²) in [4.78, 5) is 6.44. The summed E-state index contributed by atoms with van der Waals surface area (Å²) in [6.07, 6.45) is 2.75. The highest BCUT2D eigenvalue weighted by molar-refractivity contribution is 8.00. The number of aromatic nitrogens is 1. The molecular formula is C31H31F3N4O2S. The average molecular weight is 581 g/mol. The van der Waals surface area contributed by atoms with Crippen LogP contribution in [0.15, 0.2) is 77.8 Å². The molecule has 3 aromatic carbocycles. The van der Waals surface area contributed by atoms with Crippen LogP contribution in [-0.2, 0) is 19.6 Å². The standard InChI is InChI=1S/C31H31F3N4O2S/c1-39-24-11-10-22(29(17-24)40-2)20-38(30-9-3-4-12-35-30)41-31-27(33)15-23(16-28(31)34)36-18-25-21(7-5-8-26(25)32)19-37-13-6-14-37/h3-5,7-12,15-17,36H,6,13-14,18-20H2,1-2H3. The molecule has 214 valence electrons. The van der Waals surface area contributed by atoms with Crippen molar-refractivity contribution in [1.29, 1.82) is 0 Å². The van der Waals surface area contributed by atoms with Crippen LogP contribution >= 0.6 is 11.9 Å². The molecular weight excluding hydrogens is 549 g/mol. The molecule has 5 rings (SSSR count). The first kappa shape index (κ1) is 28.6. The van der Waals surface area contributed by atoms with Crippen molar-refractivity contribution in [2.45, 2.75) is 31.0 Å². The van der Waals surface area contributed by atoms with Gasteiger partial charge in [0.05, 0.1) is 20.8 Å². The summed E-state index contributed by atoms with van der Waals surface area (Å²) in [7, 11) is 3.12. The molecule has 0 spiro atoms. The molecule has 0 bridgehead atoms. The number of likely N-dealkylation sites (tertiary alicyclic amines) is 1. The summed E-state index contributed by atoms with van der Waals surface area (Å²) < 4.78 is 58.0. The first-order valence-corrected chi connectivity index (χ1v) is 14.0. The molecule has 0 aliphatic carbocycles. The van der Waals surface area contributed by atoms with Gasteiger partial charge in [-0.2, -0.15) is 0 Å². The van der Waals surface area contributed by atoms with E-state index in [1.54, 1.807) is 61.1 Å². The number of rotatable bonds is 12. The first-order valence-electron chi connectivity index (χ1n) is 13.2. The van der Waals surface area contributed by atoms with Crippen LogP contribution in [0, 0.1) is 17.5 Å². The first-order chi connectivity index (χ1) is 19.9. The van der Waals surface area contributed by atoms with Gasteiger partial charge in [-0.15, -0.1) is 0 Å². The van der Waals surface area contributed by atoms with Gasteiger partial charge in [-0.25, -0.2) is 18.2 Å². The van der Waals surface area contributed by atoms with Crippen molar-refractivity contribution >= 4 is 23.5 Å². The van der Waals surface area contributed by atoms with Gasteiger partial charge in [0.15, 0.2) is 0 Å². The van der Waals surface area contributed by atoms with Gasteiger partial charge >= 0.3 is 0 Å². The number of benzene rings is 3. The molecule has 1 saturated heterocycles. The van der Waals surface area contributed by atoms with Crippen molar-refractivity contribution in [3.05, 3.63) is 107 Å². The van der Waals surface area contributed by atoms with Gasteiger partial charge in [0, 0.05) is 42.2 Å². The van der Waals surface area contributed by atoms with Crippen LogP contribution in [0.4, 0.5) is 24.7 Å². The number of halogens is 3. The highest BCUT2D eigenvalue weighted by atomic mass is 32.2. The quantitative estimate of drug-likeness (QED) is 0.180. The minimum absolute atomic E-state index is 0.110. The van der Waals surface area contributed by atoms with Crippen LogP contribution in [0.3, 0.4) is 0 Å². The maximum absolute atomic E-state index is 15.4. The van der Waals surface area contributed by atoms with Crippen LogP contribution < -0.4 is 19.1 Å². The van der Waals surface area contributed by atoms with Gasteiger partial charge in [0.2, 0.25) is 0 Å². The Morgan fingerprint density at radius 1 is 0.902 bits per heavy atom. The second-order valence-corrected chi connectivity index (χ2v) is 10.7. The molecule has 1 fully saturated rings. The lowest BCUT2D eigenvalue weighted by Gasteiger charge is -2.31. The van der Waals surface area contributed by atoms with Gasteiger partial charge in [-0.05, 0) is 79.5 Å². The third kappa shape index (κ3) is 6.89. The van der Waals surface area contributed by atoms with E-state index in [4.69, 9.17) is 9.47 Å². The Kier molecular flexibility index (Phi) is 9.21. The highest BCUT2D eigenvalue weighted by Crippen LogP contribution is 2.36. The second-order valence-electron chi connectivity index (χ2n) is 9.62. The van der Waals surface area contributed by atoms with Crippen molar-refractivity contribution in [3.8, 4) is 11.5 Å². The molecule has 2 heterocycles. The van der Waals surface area contributed by atoms with Crippen molar-refractivity contribution in [1.82, 2.24) is 9.88 Å². The Bertz CT molecular complexity index is 1460. The number of nitrogens with zero attached hydrogens (tertiary/aromatic N) is 3. The lowest BCUT2D eigenvalue weighted by Crippen LogP contribution is -2.36. The van der Waals surface area contributed by atoms with Crippen molar-refractivity contribution in [3.63, 3.8) is 0 Å². The molecule has 1 N–H and O–H groups in total. The van der Waals surface area contributed by atoms with E-state index in [-0.39, 0.29) is 29.5 Å². The third-order valence-corrected chi connectivity index (χ3v) is 8.05. The molecule has 1 aliphatic heterocycles. The fourth-order valence-corrected chi connectivity index (χ4v) is 5.50. The molecule has 0 unspecified atom stereocenters. The van der Waals surface area contributed by atoms with E-state index in [1.807, 2.05) is 12.1 Å². The molecule has 41 heavy (non-hydrogen) atoms. The molecule has 6 nitrogen and oxygen atoms in total. The lowest BCUT2D eigenvalue weighted by molar-refractivity contribution is 0.172. The largest absolute Gasteiger partial charge is 0.497 e. The third-order valence-electron chi connectivity index (χ3n) is 6.94. The van der Waals surface area contributed by atoms with Crippen LogP contribution in [-0.4, -0.2) is 37.2 Å². The maximum Gasteiger partial charge on any atom is 0.143 e. The summed E-state index contributed by atoms with van der Waals surface area (Å²) in [5.41, 5.74) is 2.37.